The van der Waals surface area contributed by atoms with Crippen molar-refractivity contribution in [2.24, 2.45) is 0 Å². The zero-order valence-electron chi connectivity index (χ0n) is 8.47. The maximum atomic E-state index is 5.08. The van der Waals surface area contributed by atoms with Crippen LogP contribution >= 0.6 is 0 Å². The molecule has 3 heteroatoms. The van der Waals surface area contributed by atoms with Gasteiger partial charge in [-0.15, -0.1) is 0 Å². The largest absolute Gasteiger partial charge is 0.497 e. The first-order valence-corrected chi connectivity index (χ1v) is 4.69. The number of nitrogens with one attached hydrogen (secondary N) is 1. The molecule has 0 aliphatic carbocycles. The van der Waals surface area contributed by atoms with Crippen molar-refractivity contribution in [3.05, 3.63) is 48.8 Å². The molecule has 0 aliphatic rings. The first-order valence-electron chi connectivity index (χ1n) is 4.69. The Morgan fingerprint density at radius 2 is 1.53 bits per heavy atom. The van der Waals surface area contributed by atoms with E-state index in [1.165, 1.54) is 0 Å². The van der Waals surface area contributed by atoms with E-state index >= 15 is 0 Å². The van der Waals surface area contributed by atoms with Gasteiger partial charge in [-0.3, -0.25) is 4.98 Å². The van der Waals surface area contributed by atoms with Gasteiger partial charge in [0.1, 0.15) is 5.75 Å². The van der Waals surface area contributed by atoms with Crippen LogP contribution in [0, 0.1) is 0 Å². The predicted octanol–water partition coefficient (Wildman–Crippen LogP) is 2.83. The van der Waals surface area contributed by atoms with Crippen LogP contribution < -0.4 is 10.1 Å². The smallest absolute Gasteiger partial charge is 0.119 e. The van der Waals surface area contributed by atoms with E-state index in [0.717, 1.165) is 17.1 Å². The average Bonchev–Trinajstić information content (AvgIpc) is 2.31. The molecule has 2 rings (SSSR count). The molecule has 0 bridgehead atoms. The van der Waals surface area contributed by atoms with Crippen molar-refractivity contribution >= 4 is 11.4 Å². The summed E-state index contributed by atoms with van der Waals surface area (Å²) in [6.45, 7) is 0. The van der Waals surface area contributed by atoms with Crippen molar-refractivity contribution in [3.8, 4) is 5.75 Å². The molecule has 76 valence electrons. The average molecular weight is 200 g/mol. The van der Waals surface area contributed by atoms with Crippen LogP contribution in [0.3, 0.4) is 0 Å². The van der Waals surface area contributed by atoms with Crippen LogP contribution in [0.1, 0.15) is 0 Å². The first kappa shape index (κ1) is 9.52. The summed E-state index contributed by atoms with van der Waals surface area (Å²) >= 11 is 0. The van der Waals surface area contributed by atoms with E-state index in [-0.39, 0.29) is 0 Å². The zero-order chi connectivity index (χ0) is 10.5. The van der Waals surface area contributed by atoms with E-state index in [1.807, 2.05) is 36.4 Å². The molecule has 0 spiro atoms. The normalized spacial score (nSPS) is 9.67. The van der Waals surface area contributed by atoms with Gasteiger partial charge in [0.15, 0.2) is 0 Å². The second-order valence-electron chi connectivity index (χ2n) is 3.09. The zero-order valence-corrected chi connectivity index (χ0v) is 8.47. The Hall–Kier alpha value is -2.03. The molecule has 2 aromatic rings. The third kappa shape index (κ3) is 2.47. The van der Waals surface area contributed by atoms with Crippen LogP contribution in [0.2, 0.25) is 0 Å². The SMILES string of the molecule is COc1ccc(Nc2ccncc2)cc1. The molecule has 15 heavy (non-hydrogen) atoms. The highest BCUT2D eigenvalue weighted by atomic mass is 16.5. The lowest BCUT2D eigenvalue weighted by Crippen LogP contribution is -1.90. The number of benzene rings is 1. The Bertz CT molecular complexity index is 411. The summed E-state index contributed by atoms with van der Waals surface area (Å²) in [7, 11) is 1.66. The van der Waals surface area contributed by atoms with Gasteiger partial charge in [0, 0.05) is 23.8 Å². The van der Waals surface area contributed by atoms with Gasteiger partial charge in [-0.2, -0.15) is 0 Å². The molecule has 0 radical (unpaired) electrons. The summed E-state index contributed by atoms with van der Waals surface area (Å²) in [5.41, 5.74) is 2.05. The number of hydrogen-bond donors (Lipinski definition) is 1. The number of aromatic nitrogens is 1. The lowest BCUT2D eigenvalue weighted by Gasteiger charge is -2.06. The van der Waals surface area contributed by atoms with Gasteiger partial charge in [-0.25, -0.2) is 0 Å². The van der Waals surface area contributed by atoms with Crippen LogP contribution in [-0.2, 0) is 0 Å². The monoisotopic (exact) mass is 200 g/mol. The highest BCUT2D eigenvalue weighted by molar-refractivity contribution is 5.59. The van der Waals surface area contributed by atoms with Crippen LogP contribution in [-0.4, -0.2) is 12.1 Å². The molecular formula is C12H12N2O. The molecule has 0 fully saturated rings. The fourth-order valence-corrected chi connectivity index (χ4v) is 1.28. The molecule has 1 aromatic carbocycles. The van der Waals surface area contributed by atoms with Crippen molar-refractivity contribution in [2.45, 2.75) is 0 Å². The second kappa shape index (κ2) is 4.46. The van der Waals surface area contributed by atoms with Crippen molar-refractivity contribution in [3.63, 3.8) is 0 Å². The summed E-state index contributed by atoms with van der Waals surface area (Å²) in [6, 6.07) is 11.6. The summed E-state index contributed by atoms with van der Waals surface area (Å²) in [6.07, 6.45) is 3.51. The van der Waals surface area contributed by atoms with Gasteiger partial charge in [0.25, 0.3) is 0 Å². The summed E-state index contributed by atoms with van der Waals surface area (Å²) in [4.78, 5) is 3.95. The molecule has 0 unspecified atom stereocenters. The van der Waals surface area contributed by atoms with Crippen LogP contribution in [0.15, 0.2) is 48.8 Å². The minimum atomic E-state index is 0.857. The third-order valence-corrected chi connectivity index (χ3v) is 2.06. The number of nitrogens with zero attached hydrogens (tertiary/aromatic N) is 1. The number of anilines is 2. The number of hydrogen-bond acceptors (Lipinski definition) is 3. The van der Waals surface area contributed by atoms with E-state index in [2.05, 4.69) is 10.3 Å². The Labute approximate surface area is 88.7 Å². The standard InChI is InChI=1S/C12H12N2O/c1-15-12-4-2-10(3-5-12)14-11-6-8-13-9-7-11/h2-9H,1H3,(H,13,14). The maximum Gasteiger partial charge on any atom is 0.119 e. The Morgan fingerprint density at radius 3 is 2.13 bits per heavy atom. The quantitative estimate of drug-likeness (QED) is 0.827. The summed E-state index contributed by atoms with van der Waals surface area (Å²) in [5.74, 6) is 0.857. The lowest BCUT2D eigenvalue weighted by atomic mass is 10.3. The first-order chi connectivity index (χ1) is 7.38. The van der Waals surface area contributed by atoms with Gasteiger partial charge in [-0.05, 0) is 36.4 Å². The molecule has 0 aliphatic heterocycles. The second-order valence-corrected chi connectivity index (χ2v) is 3.09. The highest BCUT2D eigenvalue weighted by Gasteiger charge is 1.94. The number of pyridine rings is 1. The van der Waals surface area contributed by atoms with Crippen LogP contribution in [0.4, 0.5) is 11.4 Å². The minimum Gasteiger partial charge on any atom is -0.497 e. The molecule has 3 nitrogen and oxygen atoms in total. The van der Waals surface area contributed by atoms with E-state index in [9.17, 15) is 0 Å². The Balaban J connectivity index is 2.11. The summed E-state index contributed by atoms with van der Waals surface area (Å²) < 4.78 is 5.08. The number of methoxy groups -OCH3 is 1. The van der Waals surface area contributed by atoms with Gasteiger partial charge in [0.05, 0.1) is 7.11 Å². The van der Waals surface area contributed by atoms with Gasteiger partial charge in [0.2, 0.25) is 0 Å². The van der Waals surface area contributed by atoms with Crippen molar-refractivity contribution in [2.75, 3.05) is 12.4 Å². The molecule has 1 heterocycles. The summed E-state index contributed by atoms with van der Waals surface area (Å²) in [5, 5.41) is 3.26. The molecule has 0 saturated heterocycles. The van der Waals surface area contributed by atoms with Crippen LogP contribution in [0.25, 0.3) is 0 Å². The van der Waals surface area contributed by atoms with E-state index in [4.69, 9.17) is 4.74 Å². The van der Waals surface area contributed by atoms with Crippen molar-refractivity contribution in [1.82, 2.24) is 4.98 Å². The maximum absolute atomic E-state index is 5.08. The lowest BCUT2D eigenvalue weighted by molar-refractivity contribution is 0.415. The fourth-order valence-electron chi connectivity index (χ4n) is 1.28. The minimum absolute atomic E-state index is 0.857. The molecule has 1 aromatic heterocycles. The topological polar surface area (TPSA) is 34.1 Å². The van der Waals surface area contributed by atoms with Crippen molar-refractivity contribution in [1.29, 1.82) is 0 Å². The van der Waals surface area contributed by atoms with Gasteiger partial charge >= 0.3 is 0 Å². The molecular weight excluding hydrogens is 188 g/mol. The third-order valence-electron chi connectivity index (χ3n) is 2.06. The van der Waals surface area contributed by atoms with Crippen LogP contribution in [0.5, 0.6) is 5.75 Å². The van der Waals surface area contributed by atoms with E-state index in [0.29, 0.717) is 0 Å². The molecule has 0 atom stereocenters. The molecule has 0 saturated carbocycles. The number of ether oxygens (including phenoxy) is 1. The predicted molar refractivity (Wildman–Crippen MR) is 60.5 cm³/mol. The van der Waals surface area contributed by atoms with E-state index in [1.54, 1.807) is 19.5 Å². The fraction of sp³-hybridized carbons (Fsp3) is 0.0833. The number of rotatable bonds is 3. The van der Waals surface area contributed by atoms with E-state index < -0.39 is 0 Å². The van der Waals surface area contributed by atoms with Gasteiger partial charge in [-0.1, -0.05) is 0 Å². The van der Waals surface area contributed by atoms with Crippen molar-refractivity contribution < 1.29 is 4.74 Å². The highest BCUT2D eigenvalue weighted by Crippen LogP contribution is 2.18. The molecule has 1 N–H and O–H groups in total. The van der Waals surface area contributed by atoms with Gasteiger partial charge < -0.3 is 10.1 Å². The Morgan fingerprint density at radius 1 is 0.933 bits per heavy atom. The Kier molecular flexibility index (Phi) is 2.83. The molecule has 0 amide bonds.